The maximum absolute atomic E-state index is 5.89. The molecule has 1 aliphatic rings. The molecule has 0 bridgehead atoms. The molecule has 4 rings (SSSR count). The van der Waals surface area contributed by atoms with Gasteiger partial charge in [-0.1, -0.05) is 18.2 Å². The highest BCUT2D eigenvalue weighted by Gasteiger charge is 2.33. The van der Waals surface area contributed by atoms with Gasteiger partial charge in [-0.2, -0.15) is 0 Å². The normalized spacial score (nSPS) is 21.8. The van der Waals surface area contributed by atoms with E-state index in [1.807, 2.05) is 24.7 Å². The number of hydrogen-bond acceptors (Lipinski definition) is 4. The number of aromatic nitrogens is 2. The highest BCUT2D eigenvalue weighted by atomic mass is 16.3. The molecule has 0 amide bonds. The highest BCUT2D eigenvalue weighted by molar-refractivity contribution is 5.82. The van der Waals surface area contributed by atoms with E-state index in [1.54, 1.807) is 0 Å². The van der Waals surface area contributed by atoms with Gasteiger partial charge >= 0.3 is 0 Å². The van der Waals surface area contributed by atoms with Crippen LogP contribution < -0.4 is 5.32 Å². The number of likely N-dealkylation sites (N-methyl/N-ethyl adjacent to an activating group) is 1. The van der Waals surface area contributed by atoms with E-state index in [-0.39, 0.29) is 0 Å². The minimum absolute atomic E-state index is 0.415. The number of nitrogens with zero attached hydrogens (tertiary/aromatic N) is 3. The molecule has 1 aromatic carbocycles. The lowest BCUT2D eigenvalue weighted by molar-refractivity contribution is 0.397. The van der Waals surface area contributed by atoms with Crippen LogP contribution in [0.1, 0.15) is 22.9 Å². The number of fused-ring (bicyclic) bond motifs is 1. The van der Waals surface area contributed by atoms with E-state index >= 15 is 0 Å². The van der Waals surface area contributed by atoms with Crippen LogP contribution >= 0.6 is 0 Å². The van der Waals surface area contributed by atoms with E-state index in [4.69, 9.17) is 4.42 Å². The average molecular weight is 324 g/mol. The van der Waals surface area contributed by atoms with Crippen LogP contribution in [-0.2, 0) is 13.6 Å². The fourth-order valence-corrected chi connectivity index (χ4v) is 3.91. The Hall–Kier alpha value is -2.11. The van der Waals surface area contributed by atoms with E-state index < -0.39 is 0 Å². The Balaban J connectivity index is 1.56. The molecule has 2 aromatic heterocycles. The van der Waals surface area contributed by atoms with E-state index in [0.717, 1.165) is 31.0 Å². The van der Waals surface area contributed by atoms with Gasteiger partial charge in [-0.3, -0.25) is 0 Å². The van der Waals surface area contributed by atoms with Crippen LogP contribution in [-0.4, -0.2) is 40.6 Å². The maximum Gasteiger partial charge on any atom is 0.134 e. The van der Waals surface area contributed by atoms with Crippen molar-refractivity contribution in [2.75, 3.05) is 20.1 Å². The molecule has 24 heavy (non-hydrogen) atoms. The Labute approximate surface area is 142 Å². The topological polar surface area (TPSA) is 46.2 Å². The Morgan fingerprint density at radius 3 is 2.88 bits per heavy atom. The number of imidazole rings is 1. The summed E-state index contributed by atoms with van der Waals surface area (Å²) in [7, 11) is 4.26. The van der Waals surface area contributed by atoms with Crippen molar-refractivity contribution in [2.45, 2.75) is 25.4 Å². The van der Waals surface area contributed by atoms with Crippen LogP contribution in [0.5, 0.6) is 0 Å². The summed E-state index contributed by atoms with van der Waals surface area (Å²) in [5.74, 6) is 1.47. The van der Waals surface area contributed by atoms with Crippen LogP contribution in [0.4, 0.5) is 0 Å². The zero-order valence-corrected chi connectivity index (χ0v) is 14.5. The number of rotatable bonds is 4. The molecule has 1 N–H and O–H groups in total. The van der Waals surface area contributed by atoms with Crippen molar-refractivity contribution in [1.29, 1.82) is 0 Å². The van der Waals surface area contributed by atoms with Gasteiger partial charge in [0.15, 0.2) is 0 Å². The van der Waals surface area contributed by atoms with Gasteiger partial charge in [-0.25, -0.2) is 4.98 Å². The molecule has 2 atom stereocenters. The van der Waals surface area contributed by atoms with Gasteiger partial charge in [0.05, 0.1) is 6.33 Å². The molecule has 5 nitrogen and oxygen atoms in total. The third kappa shape index (κ3) is 2.64. The molecule has 0 saturated carbocycles. The first-order valence-electron chi connectivity index (χ1n) is 8.48. The number of nitrogens with one attached hydrogen (secondary N) is 1. The third-order valence-electron chi connectivity index (χ3n) is 5.18. The SMILES string of the molecule is Cc1oc2ccccc2c1CN[C@@H]1CN(C)C[C@H]1c1cncn1C. The largest absolute Gasteiger partial charge is 0.461 e. The summed E-state index contributed by atoms with van der Waals surface area (Å²) >= 11 is 0. The lowest BCUT2D eigenvalue weighted by Gasteiger charge is -2.20. The van der Waals surface area contributed by atoms with Crippen molar-refractivity contribution in [2.24, 2.45) is 7.05 Å². The second-order valence-electron chi connectivity index (χ2n) is 6.88. The van der Waals surface area contributed by atoms with E-state index in [9.17, 15) is 0 Å². The summed E-state index contributed by atoms with van der Waals surface area (Å²) in [5, 5.41) is 4.98. The lowest BCUT2D eigenvalue weighted by atomic mass is 9.99. The highest BCUT2D eigenvalue weighted by Crippen LogP contribution is 2.29. The minimum atomic E-state index is 0.415. The quantitative estimate of drug-likeness (QED) is 0.801. The number of benzene rings is 1. The zero-order valence-electron chi connectivity index (χ0n) is 14.5. The fraction of sp³-hybridized carbons (Fsp3) is 0.421. The molecule has 0 unspecified atom stereocenters. The number of furan rings is 1. The number of likely N-dealkylation sites (tertiary alicyclic amines) is 1. The summed E-state index contributed by atoms with van der Waals surface area (Å²) < 4.78 is 8.02. The Kier molecular flexibility index (Phi) is 3.90. The first kappa shape index (κ1) is 15.4. The van der Waals surface area contributed by atoms with Gasteiger partial charge < -0.3 is 19.2 Å². The van der Waals surface area contributed by atoms with Gasteiger partial charge in [0, 0.05) is 61.5 Å². The molecule has 5 heteroatoms. The van der Waals surface area contributed by atoms with Crippen LogP contribution in [0, 0.1) is 6.92 Å². The predicted octanol–water partition coefficient (Wildman–Crippen LogP) is 2.66. The molecule has 1 aliphatic heterocycles. The Morgan fingerprint density at radius 2 is 2.08 bits per heavy atom. The molecular formula is C19H24N4O. The summed E-state index contributed by atoms with van der Waals surface area (Å²) in [6, 6.07) is 8.68. The monoisotopic (exact) mass is 324 g/mol. The standard InChI is InChI=1S/C19H24N4O/c1-13-15(14-6-4-5-7-19(14)24-13)8-21-17-11-22(2)10-16(17)18-9-20-12-23(18)3/h4-7,9,12,16-17,21H,8,10-11H2,1-3H3/t16-,17-/m1/s1. The van der Waals surface area contributed by atoms with Crippen molar-refractivity contribution in [3.63, 3.8) is 0 Å². The first-order valence-corrected chi connectivity index (χ1v) is 8.48. The zero-order chi connectivity index (χ0) is 16.7. The lowest BCUT2D eigenvalue weighted by Crippen LogP contribution is -2.35. The van der Waals surface area contributed by atoms with Crippen molar-refractivity contribution in [3.8, 4) is 0 Å². The van der Waals surface area contributed by atoms with Gasteiger partial charge in [-0.15, -0.1) is 0 Å². The molecular weight excluding hydrogens is 300 g/mol. The molecule has 1 fully saturated rings. The van der Waals surface area contributed by atoms with Gasteiger partial charge in [0.2, 0.25) is 0 Å². The molecule has 3 aromatic rings. The van der Waals surface area contributed by atoms with Crippen molar-refractivity contribution in [1.82, 2.24) is 19.8 Å². The van der Waals surface area contributed by atoms with Crippen molar-refractivity contribution in [3.05, 3.63) is 53.8 Å². The summed E-state index contributed by atoms with van der Waals surface area (Å²) in [6.07, 6.45) is 3.88. The third-order valence-corrected chi connectivity index (χ3v) is 5.18. The fourth-order valence-electron chi connectivity index (χ4n) is 3.91. The van der Waals surface area contributed by atoms with Gasteiger partial charge in [-0.05, 0) is 20.0 Å². The second kappa shape index (κ2) is 6.07. The minimum Gasteiger partial charge on any atom is -0.461 e. The van der Waals surface area contributed by atoms with Crippen molar-refractivity contribution < 1.29 is 4.42 Å². The number of aryl methyl sites for hydroxylation is 2. The van der Waals surface area contributed by atoms with Gasteiger partial charge in [0.25, 0.3) is 0 Å². The maximum atomic E-state index is 5.89. The number of hydrogen-bond donors (Lipinski definition) is 1. The summed E-state index contributed by atoms with van der Waals surface area (Å²) in [5.41, 5.74) is 3.54. The summed E-state index contributed by atoms with van der Waals surface area (Å²) in [4.78, 5) is 6.68. The second-order valence-corrected chi connectivity index (χ2v) is 6.88. The molecule has 0 aliphatic carbocycles. The first-order chi connectivity index (χ1) is 11.6. The number of para-hydroxylation sites is 1. The van der Waals surface area contributed by atoms with Crippen LogP contribution in [0.15, 0.2) is 41.2 Å². The van der Waals surface area contributed by atoms with Gasteiger partial charge in [0.1, 0.15) is 11.3 Å². The Bertz CT molecular complexity index is 850. The van der Waals surface area contributed by atoms with Crippen LogP contribution in [0.3, 0.4) is 0 Å². The van der Waals surface area contributed by atoms with E-state index in [1.165, 1.54) is 16.6 Å². The molecule has 0 radical (unpaired) electrons. The molecule has 3 heterocycles. The van der Waals surface area contributed by atoms with Crippen molar-refractivity contribution >= 4 is 11.0 Å². The molecule has 1 saturated heterocycles. The average Bonchev–Trinajstić information content (AvgIpc) is 3.22. The van der Waals surface area contributed by atoms with Crippen LogP contribution in [0.25, 0.3) is 11.0 Å². The van der Waals surface area contributed by atoms with E-state index in [0.29, 0.717) is 12.0 Å². The predicted molar refractivity (Wildman–Crippen MR) is 95.0 cm³/mol. The Morgan fingerprint density at radius 1 is 1.25 bits per heavy atom. The summed E-state index contributed by atoms with van der Waals surface area (Å²) in [6.45, 7) is 4.99. The molecule has 126 valence electrons. The molecule has 0 spiro atoms. The van der Waals surface area contributed by atoms with E-state index in [2.05, 4.69) is 52.9 Å². The van der Waals surface area contributed by atoms with Crippen LogP contribution in [0.2, 0.25) is 0 Å². The smallest absolute Gasteiger partial charge is 0.134 e.